The molecule has 1 aromatic carbocycles. The summed E-state index contributed by atoms with van der Waals surface area (Å²) in [5, 5.41) is 0. The van der Waals surface area contributed by atoms with Gasteiger partial charge in [0.05, 0.1) is 11.3 Å². The monoisotopic (exact) mass is 416 g/mol. The Bertz CT molecular complexity index is 1080. The van der Waals surface area contributed by atoms with Gasteiger partial charge in [-0.2, -0.15) is 13.2 Å². The van der Waals surface area contributed by atoms with Crippen molar-refractivity contribution in [3.63, 3.8) is 0 Å². The summed E-state index contributed by atoms with van der Waals surface area (Å²) in [5.74, 6) is -0.275. The highest BCUT2D eigenvalue weighted by atomic mass is 19.4. The minimum absolute atomic E-state index is 0.225. The summed E-state index contributed by atoms with van der Waals surface area (Å²) in [7, 11) is 0. The molecule has 0 spiro atoms. The van der Waals surface area contributed by atoms with Gasteiger partial charge < -0.3 is 9.80 Å². The number of rotatable bonds is 3. The van der Waals surface area contributed by atoms with E-state index in [9.17, 15) is 18.0 Å². The van der Waals surface area contributed by atoms with E-state index < -0.39 is 11.7 Å². The van der Waals surface area contributed by atoms with E-state index in [1.54, 1.807) is 4.90 Å². The van der Waals surface area contributed by atoms with Crippen LogP contribution in [0.2, 0.25) is 0 Å². The van der Waals surface area contributed by atoms with Crippen molar-refractivity contribution in [1.29, 1.82) is 0 Å². The zero-order chi connectivity index (χ0) is 21.5. The van der Waals surface area contributed by atoms with E-state index in [2.05, 4.69) is 16.0 Å². The van der Waals surface area contributed by atoms with Gasteiger partial charge in [-0.3, -0.25) is 9.20 Å². The molecular weight excluding hydrogens is 393 g/mol. The first-order valence-electron chi connectivity index (χ1n) is 9.97. The number of nitrogens with zero attached hydrogens (tertiary/aromatic N) is 4. The van der Waals surface area contributed by atoms with Crippen molar-refractivity contribution in [2.75, 3.05) is 31.1 Å². The molecule has 0 unspecified atom stereocenters. The lowest BCUT2D eigenvalue weighted by Gasteiger charge is -2.36. The number of piperazine rings is 1. The number of amides is 1. The zero-order valence-corrected chi connectivity index (χ0v) is 16.9. The number of carbonyl (C=O) groups excluding carboxylic acids is 1. The molecule has 0 aliphatic carbocycles. The van der Waals surface area contributed by atoms with Crippen LogP contribution in [-0.2, 0) is 12.6 Å². The summed E-state index contributed by atoms with van der Waals surface area (Å²) in [5.41, 5.74) is 2.57. The van der Waals surface area contributed by atoms with E-state index >= 15 is 0 Å². The number of aryl methyl sites for hydroxylation is 2. The van der Waals surface area contributed by atoms with E-state index in [0.717, 1.165) is 18.0 Å². The number of benzene rings is 1. The van der Waals surface area contributed by atoms with E-state index in [1.807, 2.05) is 32.0 Å². The fourth-order valence-corrected chi connectivity index (χ4v) is 3.88. The Morgan fingerprint density at radius 1 is 1.10 bits per heavy atom. The van der Waals surface area contributed by atoms with Crippen molar-refractivity contribution >= 4 is 17.2 Å². The zero-order valence-electron chi connectivity index (χ0n) is 16.9. The van der Waals surface area contributed by atoms with Crippen LogP contribution in [0.1, 0.15) is 34.2 Å². The largest absolute Gasteiger partial charge is 0.417 e. The van der Waals surface area contributed by atoms with Crippen LogP contribution in [0.3, 0.4) is 0 Å². The molecule has 0 radical (unpaired) electrons. The summed E-state index contributed by atoms with van der Waals surface area (Å²) in [6, 6.07) is 10.5. The topological polar surface area (TPSA) is 40.9 Å². The second kappa shape index (κ2) is 7.66. The first-order valence-corrected chi connectivity index (χ1v) is 9.97. The van der Waals surface area contributed by atoms with Crippen molar-refractivity contribution in [2.45, 2.75) is 26.4 Å². The molecule has 0 N–H and O–H groups in total. The summed E-state index contributed by atoms with van der Waals surface area (Å²) in [6.07, 6.45) is -3.05. The maximum atomic E-state index is 13.3. The molecule has 8 heteroatoms. The molecule has 1 fully saturated rings. The van der Waals surface area contributed by atoms with Crippen LogP contribution in [0.15, 0.2) is 42.6 Å². The molecular formula is C22H23F3N4O. The first kappa shape index (κ1) is 20.3. The molecule has 4 rings (SSSR count). The van der Waals surface area contributed by atoms with E-state index in [1.165, 1.54) is 16.0 Å². The minimum atomic E-state index is -4.48. The van der Waals surface area contributed by atoms with Crippen molar-refractivity contribution in [1.82, 2.24) is 14.3 Å². The highest BCUT2D eigenvalue weighted by Gasteiger charge is 2.33. The Morgan fingerprint density at radius 2 is 1.83 bits per heavy atom. The average molecular weight is 416 g/mol. The SMILES string of the molecule is CCc1nc2ccc(C(F)(F)F)cn2c1C(=O)N1CCN(c2cccc(C)c2)CC1. The number of halogens is 3. The number of pyridine rings is 1. The van der Waals surface area contributed by atoms with Gasteiger partial charge in [0.15, 0.2) is 0 Å². The summed E-state index contributed by atoms with van der Waals surface area (Å²) < 4.78 is 40.9. The van der Waals surface area contributed by atoms with Crippen LogP contribution >= 0.6 is 0 Å². The summed E-state index contributed by atoms with van der Waals surface area (Å²) in [4.78, 5) is 21.6. The fourth-order valence-electron chi connectivity index (χ4n) is 3.88. The van der Waals surface area contributed by atoms with Crippen molar-refractivity contribution < 1.29 is 18.0 Å². The molecule has 3 heterocycles. The fraction of sp³-hybridized carbons (Fsp3) is 0.364. The molecule has 30 heavy (non-hydrogen) atoms. The first-order chi connectivity index (χ1) is 14.3. The number of alkyl halides is 3. The van der Waals surface area contributed by atoms with E-state index in [4.69, 9.17) is 0 Å². The molecule has 0 atom stereocenters. The van der Waals surface area contributed by atoms with Gasteiger partial charge in [-0.25, -0.2) is 4.98 Å². The number of imidazole rings is 1. The lowest BCUT2D eigenvalue weighted by Crippen LogP contribution is -2.49. The van der Waals surface area contributed by atoms with Gasteiger partial charge in [0.25, 0.3) is 5.91 Å². The van der Waals surface area contributed by atoms with Crippen LogP contribution in [0.4, 0.5) is 18.9 Å². The van der Waals surface area contributed by atoms with Gasteiger partial charge in [0.2, 0.25) is 0 Å². The van der Waals surface area contributed by atoms with Crippen molar-refractivity contribution in [2.24, 2.45) is 0 Å². The van der Waals surface area contributed by atoms with Crippen molar-refractivity contribution in [3.8, 4) is 0 Å². The van der Waals surface area contributed by atoms with E-state index in [-0.39, 0.29) is 11.6 Å². The molecule has 3 aromatic rings. The van der Waals surface area contributed by atoms with Crippen LogP contribution in [0.25, 0.3) is 5.65 Å². The maximum Gasteiger partial charge on any atom is 0.417 e. The Hall–Kier alpha value is -3.03. The minimum Gasteiger partial charge on any atom is -0.368 e. The van der Waals surface area contributed by atoms with Gasteiger partial charge >= 0.3 is 6.18 Å². The van der Waals surface area contributed by atoms with Gasteiger partial charge in [-0.05, 0) is 43.2 Å². The van der Waals surface area contributed by atoms with Gasteiger partial charge in [-0.15, -0.1) is 0 Å². The van der Waals surface area contributed by atoms with Gasteiger partial charge in [0.1, 0.15) is 11.3 Å². The normalized spacial score (nSPS) is 15.1. The molecule has 0 bridgehead atoms. The Kier molecular flexibility index (Phi) is 5.17. The molecule has 0 saturated carbocycles. The average Bonchev–Trinajstić information content (AvgIpc) is 3.10. The predicted molar refractivity (Wildman–Crippen MR) is 109 cm³/mol. The lowest BCUT2D eigenvalue weighted by atomic mass is 10.1. The third-order valence-electron chi connectivity index (χ3n) is 5.49. The Balaban J connectivity index is 1.60. The number of hydrogen-bond donors (Lipinski definition) is 0. The smallest absolute Gasteiger partial charge is 0.368 e. The standard InChI is InChI=1S/C22H23F3N4O/c1-3-18-20(29-14-16(22(23,24)25)7-8-19(29)26-18)21(30)28-11-9-27(10-12-28)17-6-4-5-15(2)13-17/h4-8,13-14H,3,9-12H2,1-2H3. The summed E-state index contributed by atoms with van der Waals surface area (Å²) >= 11 is 0. The second-order valence-electron chi connectivity index (χ2n) is 7.52. The van der Waals surface area contributed by atoms with Gasteiger partial charge in [0, 0.05) is 38.1 Å². The van der Waals surface area contributed by atoms with Crippen molar-refractivity contribution in [3.05, 3.63) is 65.1 Å². The van der Waals surface area contributed by atoms with Crippen LogP contribution < -0.4 is 4.90 Å². The number of aromatic nitrogens is 2. The molecule has 2 aromatic heterocycles. The third-order valence-corrected chi connectivity index (χ3v) is 5.49. The molecule has 1 saturated heterocycles. The number of fused-ring (bicyclic) bond motifs is 1. The van der Waals surface area contributed by atoms with Crippen LogP contribution in [0.5, 0.6) is 0 Å². The predicted octanol–water partition coefficient (Wildman–Crippen LogP) is 4.19. The number of anilines is 1. The molecule has 158 valence electrons. The van der Waals surface area contributed by atoms with E-state index in [0.29, 0.717) is 43.9 Å². The number of hydrogen-bond acceptors (Lipinski definition) is 3. The Morgan fingerprint density at radius 3 is 2.47 bits per heavy atom. The Labute approximate surface area is 172 Å². The molecule has 1 aliphatic heterocycles. The third kappa shape index (κ3) is 3.74. The van der Waals surface area contributed by atoms with Crippen LogP contribution in [0, 0.1) is 6.92 Å². The highest BCUT2D eigenvalue weighted by Crippen LogP contribution is 2.30. The van der Waals surface area contributed by atoms with Crippen LogP contribution in [-0.4, -0.2) is 46.4 Å². The molecule has 5 nitrogen and oxygen atoms in total. The summed E-state index contributed by atoms with van der Waals surface area (Å²) in [6.45, 7) is 6.22. The second-order valence-corrected chi connectivity index (χ2v) is 7.52. The van der Waals surface area contributed by atoms with Gasteiger partial charge in [-0.1, -0.05) is 19.1 Å². The lowest BCUT2D eigenvalue weighted by molar-refractivity contribution is -0.137. The quantitative estimate of drug-likeness (QED) is 0.643. The maximum absolute atomic E-state index is 13.3. The molecule has 1 aliphatic rings. The number of carbonyl (C=O) groups is 1. The highest BCUT2D eigenvalue weighted by molar-refractivity contribution is 5.95. The molecule has 1 amide bonds.